The topological polar surface area (TPSA) is 17.1 Å². The van der Waals surface area contributed by atoms with Gasteiger partial charge in [0, 0.05) is 13.3 Å². The highest BCUT2D eigenvalue weighted by Crippen LogP contribution is 2.07. The zero-order chi connectivity index (χ0) is 9.23. The van der Waals surface area contributed by atoms with E-state index in [4.69, 9.17) is 0 Å². The number of Topliss-reactive ketones (excluding diaryl/α,β-unsaturated/α-hetero) is 1. The van der Waals surface area contributed by atoms with E-state index in [0.29, 0.717) is 6.42 Å². The Morgan fingerprint density at radius 3 is 2.25 bits per heavy atom. The summed E-state index contributed by atoms with van der Waals surface area (Å²) in [6.07, 6.45) is 9.64. The lowest BCUT2D eigenvalue weighted by Crippen LogP contribution is -1.89. The molecule has 0 aliphatic heterocycles. The fraction of sp³-hybridized carbons (Fsp3) is 0.636. The Balaban J connectivity index is 2.90. The van der Waals surface area contributed by atoms with Gasteiger partial charge in [0.15, 0.2) is 0 Å². The Kier molecular flexibility index (Phi) is 8.09. The lowest BCUT2D eigenvalue weighted by Gasteiger charge is -1.97. The van der Waals surface area contributed by atoms with Crippen molar-refractivity contribution >= 4 is 5.78 Å². The van der Waals surface area contributed by atoms with Crippen LogP contribution < -0.4 is 0 Å². The minimum absolute atomic E-state index is 0.0705. The molecule has 0 N–H and O–H groups in total. The SMILES string of the molecule is [CH2]C(=O)CCCCCCCC=C. The maximum atomic E-state index is 10.5. The molecule has 0 aromatic heterocycles. The predicted molar refractivity (Wildman–Crippen MR) is 52.9 cm³/mol. The molecule has 69 valence electrons. The number of hydrogen-bond donors (Lipinski definition) is 0. The maximum Gasteiger partial charge on any atom is 0.133 e. The van der Waals surface area contributed by atoms with Crippen LogP contribution in [-0.2, 0) is 4.79 Å². The zero-order valence-electron chi connectivity index (χ0n) is 7.85. The van der Waals surface area contributed by atoms with Gasteiger partial charge in [-0.1, -0.05) is 25.3 Å². The van der Waals surface area contributed by atoms with Gasteiger partial charge in [-0.2, -0.15) is 0 Å². The second-order valence-corrected chi connectivity index (χ2v) is 3.13. The standard InChI is InChI=1S/C11H19O/c1-3-4-5-6-7-8-9-10-11(2)12/h3H,1-2,4-10H2. The van der Waals surface area contributed by atoms with E-state index >= 15 is 0 Å². The van der Waals surface area contributed by atoms with Crippen molar-refractivity contribution in [1.29, 1.82) is 0 Å². The van der Waals surface area contributed by atoms with Gasteiger partial charge in [0.2, 0.25) is 0 Å². The van der Waals surface area contributed by atoms with Crippen LogP contribution in [0.5, 0.6) is 0 Å². The van der Waals surface area contributed by atoms with Crippen molar-refractivity contribution in [2.45, 2.75) is 44.9 Å². The summed E-state index contributed by atoms with van der Waals surface area (Å²) in [5.41, 5.74) is 0. The Hall–Kier alpha value is -0.590. The zero-order valence-corrected chi connectivity index (χ0v) is 7.85. The van der Waals surface area contributed by atoms with Crippen molar-refractivity contribution in [2.75, 3.05) is 0 Å². The summed E-state index contributed by atoms with van der Waals surface area (Å²) in [5, 5.41) is 0. The number of allylic oxidation sites excluding steroid dienone is 1. The van der Waals surface area contributed by atoms with E-state index in [1.807, 2.05) is 6.08 Å². The van der Waals surface area contributed by atoms with Crippen LogP contribution in [0.4, 0.5) is 0 Å². The molecule has 0 rings (SSSR count). The molecule has 0 aliphatic rings. The van der Waals surface area contributed by atoms with Crippen LogP contribution in [0.15, 0.2) is 12.7 Å². The third-order valence-electron chi connectivity index (χ3n) is 1.86. The number of carbonyl (C=O) groups excluding carboxylic acids is 1. The van der Waals surface area contributed by atoms with Crippen LogP contribution in [-0.4, -0.2) is 5.78 Å². The van der Waals surface area contributed by atoms with Gasteiger partial charge < -0.3 is 0 Å². The van der Waals surface area contributed by atoms with Gasteiger partial charge in [-0.25, -0.2) is 0 Å². The Labute approximate surface area is 75.9 Å². The average Bonchev–Trinajstić information content (AvgIpc) is 2.02. The molecule has 0 amide bonds. The molecule has 0 spiro atoms. The van der Waals surface area contributed by atoms with Crippen LogP contribution in [0.1, 0.15) is 44.9 Å². The molecule has 1 heteroatoms. The summed E-state index contributed by atoms with van der Waals surface area (Å²) in [5.74, 6) is 0.0705. The third-order valence-corrected chi connectivity index (χ3v) is 1.86. The first-order valence-electron chi connectivity index (χ1n) is 4.73. The Morgan fingerprint density at radius 2 is 1.67 bits per heavy atom. The van der Waals surface area contributed by atoms with Crippen molar-refractivity contribution in [3.05, 3.63) is 19.6 Å². The number of carbonyl (C=O) groups is 1. The van der Waals surface area contributed by atoms with E-state index in [1.54, 1.807) is 0 Å². The first-order valence-corrected chi connectivity index (χ1v) is 4.73. The van der Waals surface area contributed by atoms with Crippen molar-refractivity contribution in [2.24, 2.45) is 0 Å². The van der Waals surface area contributed by atoms with Gasteiger partial charge in [0.05, 0.1) is 0 Å². The lowest BCUT2D eigenvalue weighted by molar-refractivity contribution is -0.114. The average molecular weight is 167 g/mol. The molecule has 12 heavy (non-hydrogen) atoms. The molecule has 0 aromatic carbocycles. The Morgan fingerprint density at radius 1 is 1.08 bits per heavy atom. The van der Waals surface area contributed by atoms with Crippen molar-refractivity contribution in [3.63, 3.8) is 0 Å². The third kappa shape index (κ3) is 9.41. The van der Waals surface area contributed by atoms with Crippen LogP contribution in [0.2, 0.25) is 0 Å². The molecular formula is C11H19O. The van der Waals surface area contributed by atoms with Crippen molar-refractivity contribution in [1.82, 2.24) is 0 Å². The summed E-state index contributed by atoms with van der Waals surface area (Å²) >= 11 is 0. The molecule has 0 unspecified atom stereocenters. The minimum Gasteiger partial charge on any atom is -0.300 e. The summed E-state index contributed by atoms with van der Waals surface area (Å²) in [6, 6.07) is 0. The fourth-order valence-electron chi connectivity index (χ4n) is 1.14. The molecule has 0 saturated carbocycles. The van der Waals surface area contributed by atoms with E-state index in [2.05, 4.69) is 13.5 Å². The van der Waals surface area contributed by atoms with Crippen LogP contribution >= 0.6 is 0 Å². The summed E-state index contributed by atoms with van der Waals surface area (Å²) in [6.45, 7) is 7.00. The van der Waals surface area contributed by atoms with E-state index in [-0.39, 0.29) is 5.78 Å². The quantitative estimate of drug-likeness (QED) is 0.400. The number of hydrogen-bond acceptors (Lipinski definition) is 1. The van der Waals surface area contributed by atoms with Crippen LogP contribution in [0.3, 0.4) is 0 Å². The van der Waals surface area contributed by atoms with Crippen molar-refractivity contribution < 1.29 is 4.79 Å². The van der Waals surface area contributed by atoms with E-state index in [1.165, 1.54) is 25.7 Å². The van der Waals surface area contributed by atoms with E-state index in [9.17, 15) is 4.79 Å². The van der Waals surface area contributed by atoms with Gasteiger partial charge in [-0.05, 0) is 19.3 Å². The predicted octanol–water partition coefficient (Wildman–Crippen LogP) is 3.31. The second-order valence-electron chi connectivity index (χ2n) is 3.13. The highest BCUT2D eigenvalue weighted by Gasteiger charge is 1.93. The highest BCUT2D eigenvalue weighted by molar-refractivity contribution is 5.82. The van der Waals surface area contributed by atoms with Gasteiger partial charge in [0.1, 0.15) is 5.78 Å². The molecule has 0 saturated heterocycles. The number of unbranched alkanes of at least 4 members (excludes halogenated alkanes) is 5. The maximum absolute atomic E-state index is 10.5. The first kappa shape index (κ1) is 11.4. The molecule has 0 bridgehead atoms. The first-order chi connectivity index (χ1) is 5.77. The molecule has 1 nitrogen and oxygen atoms in total. The Bertz CT molecular complexity index is 127. The molecule has 0 aliphatic carbocycles. The monoisotopic (exact) mass is 167 g/mol. The van der Waals surface area contributed by atoms with Crippen LogP contribution in [0.25, 0.3) is 0 Å². The number of rotatable bonds is 8. The summed E-state index contributed by atoms with van der Waals surface area (Å²) < 4.78 is 0. The molecule has 0 heterocycles. The summed E-state index contributed by atoms with van der Waals surface area (Å²) in [4.78, 5) is 10.5. The molecule has 1 radical (unpaired) electrons. The largest absolute Gasteiger partial charge is 0.300 e. The minimum atomic E-state index is 0.0705. The van der Waals surface area contributed by atoms with E-state index < -0.39 is 0 Å². The van der Waals surface area contributed by atoms with Crippen LogP contribution in [0, 0.1) is 6.92 Å². The smallest absolute Gasteiger partial charge is 0.133 e. The van der Waals surface area contributed by atoms with Crippen molar-refractivity contribution in [3.8, 4) is 0 Å². The fourth-order valence-corrected chi connectivity index (χ4v) is 1.14. The van der Waals surface area contributed by atoms with Gasteiger partial charge in [-0.3, -0.25) is 4.79 Å². The molecular weight excluding hydrogens is 148 g/mol. The molecule has 0 fully saturated rings. The van der Waals surface area contributed by atoms with Gasteiger partial charge in [-0.15, -0.1) is 6.58 Å². The second kappa shape index (κ2) is 8.51. The van der Waals surface area contributed by atoms with Gasteiger partial charge >= 0.3 is 0 Å². The lowest BCUT2D eigenvalue weighted by atomic mass is 10.1. The van der Waals surface area contributed by atoms with E-state index in [0.717, 1.165) is 12.8 Å². The number of ketones is 1. The molecule has 0 aromatic rings. The van der Waals surface area contributed by atoms with Gasteiger partial charge in [0.25, 0.3) is 0 Å². The highest BCUT2D eigenvalue weighted by atomic mass is 16.1. The normalized spacial score (nSPS) is 9.75. The summed E-state index contributed by atoms with van der Waals surface area (Å²) in [7, 11) is 0. The molecule has 0 atom stereocenters.